The second-order valence-corrected chi connectivity index (χ2v) is 5.73. The van der Waals surface area contributed by atoms with E-state index in [1.54, 1.807) is 6.20 Å². The van der Waals surface area contributed by atoms with Gasteiger partial charge in [-0.25, -0.2) is 4.68 Å². The largest absolute Gasteiger partial charge is 0.385 e. The van der Waals surface area contributed by atoms with Crippen LogP contribution in [0.5, 0.6) is 0 Å². The van der Waals surface area contributed by atoms with Crippen LogP contribution in [-0.4, -0.2) is 16.3 Å². The summed E-state index contributed by atoms with van der Waals surface area (Å²) in [5, 5.41) is 7.65. The maximum absolute atomic E-state index is 4.21. The SMILES string of the molecule is CC(C)(C)CCNc1ccc(-n2cccn2)cc1. The van der Waals surface area contributed by atoms with Gasteiger partial charge < -0.3 is 5.32 Å². The van der Waals surface area contributed by atoms with Crippen LogP contribution in [0.2, 0.25) is 0 Å². The van der Waals surface area contributed by atoms with E-state index in [1.165, 1.54) is 0 Å². The molecule has 0 fully saturated rings. The van der Waals surface area contributed by atoms with Crippen molar-refractivity contribution >= 4 is 5.69 Å². The summed E-state index contributed by atoms with van der Waals surface area (Å²) in [6.45, 7) is 7.78. The normalized spacial score (nSPS) is 11.5. The third kappa shape index (κ3) is 3.62. The van der Waals surface area contributed by atoms with E-state index < -0.39 is 0 Å². The Bertz CT molecular complexity index is 463. The van der Waals surface area contributed by atoms with Crippen molar-refractivity contribution in [3.8, 4) is 5.69 Å². The summed E-state index contributed by atoms with van der Waals surface area (Å²) < 4.78 is 1.86. The molecule has 0 spiro atoms. The van der Waals surface area contributed by atoms with Crippen LogP contribution >= 0.6 is 0 Å². The molecule has 0 unspecified atom stereocenters. The van der Waals surface area contributed by atoms with Gasteiger partial charge in [-0.1, -0.05) is 20.8 Å². The van der Waals surface area contributed by atoms with Crippen molar-refractivity contribution in [2.75, 3.05) is 11.9 Å². The number of aromatic nitrogens is 2. The molecular weight excluding hydrogens is 222 g/mol. The second-order valence-electron chi connectivity index (χ2n) is 5.73. The molecule has 2 rings (SSSR count). The smallest absolute Gasteiger partial charge is 0.0647 e. The Hall–Kier alpha value is -1.77. The molecule has 1 heterocycles. The average molecular weight is 243 g/mol. The highest BCUT2D eigenvalue weighted by Crippen LogP contribution is 2.19. The highest BCUT2D eigenvalue weighted by Gasteiger charge is 2.08. The maximum atomic E-state index is 4.21. The molecule has 18 heavy (non-hydrogen) atoms. The zero-order valence-electron chi connectivity index (χ0n) is 11.4. The standard InChI is InChI=1S/C15H21N3/c1-15(2,3)9-11-16-13-5-7-14(8-6-13)18-12-4-10-17-18/h4-8,10,12,16H,9,11H2,1-3H3. The molecule has 0 amide bonds. The van der Waals surface area contributed by atoms with E-state index in [9.17, 15) is 0 Å². The lowest BCUT2D eigenvalue weighted by molar-refractivity contribution is 0.390. The molecule has 0 bridgehead atoms. The number of rotatable bonds is 4. The highest BCUT2D eigenvalue weighted by atomic mass is 15.3. The van der Waals surface area contributed by atoms with Gasteiger partial charge in [0, 0.05) is 24.6 Å². The molecule has 1 aromatic heterocycles. The van der Waals surface area contributed by atoms with E-state index in [1.807, 2.05) is 16.9 Å². The summed E-state index contributed by atoms with van der Waals surface area (Å²) in [6, 6.07) is 10.3. The summed E-state index contributed by atoms with van der Waals surface area (Å²) in [5.41, 5.74) is 2.62. The fourth-order valence-electron chi connectivity index (χ4n) is 1.74. The summed E-state index contributed by atoms with van der Waals surface area (Å²) >= 11 is 0. The summed E-state index contributed by atoms with van der Waals surface area (Å²) in [5.74, 6) is 0. The molecule has 96 valence electrons. The van der Waals surface area contributed by atoms with Gasteiger partial charge in [-0.05, 0) is 42.2 Å². The Morgan fingerprint density at radius 1 is 1.17 bits per heavy atom. The molecule has 0 saturated carbocycles. The average Bonchev–Trinajstić information content (AvgIpc) is 2.82. The molecule has 2 aromatic rings. The van der Waals surface area contributed by atoms with Crippen molar-refractivity contribution in [3.05, 3.63) is 42.7 Å². The molecule has 3 heteroatoms. The third-order valence-electron chi connectivity index (χ3n) is 2.84. The van der Waals surface area contributed by atoms with Gasteiger partial charge in [0.1, 0.15) is 0 Å². The van der Waals surface area contributed by atoms with Crippen molar-refractivity contribution in [2.45, 2.75) is 27.2 Å². The summed E-state index contributed by atoms with van der Waals surface area (Å²) in [6.07, 6.45) is 4.89. The van der Waals surface area contributed by atoms with Crippen molar-refractivity contribution in [1.29, 1.82) is 0 Å². The minimum Gasteiger partial charge on any atom is -0.385 e. The van der Waals surface area contributed by atoms with E-state index in [4.69, 9.17) is 0 Å². The Labute approximate surface area is 109 Å². The van der Waals surface area contributed by atoms with Crippen LogP contribution < -0.4 is 5.32 Å². The topological polar surface area (TPSA) is 29.9 Å². The predicted octanol–water partition coefficient (Wildman–Crippen LogP) is 3.72. The maximum Gasteiger partial charge on any atom is 0.0647 e. The number of hydrogen-bond acceptors (Lipinski definition) is 2. The Balaban J connectivity index is 1.92. The Kier molecular flexibility index (Phi) is 3.70. The van der Waals surface area contributed by atoms with Crippen molar-refractivity contribution in [3.63, 3.8) is 0 Å². The van der Waals surface area contributed by atoms with E-state index in [-0.39, 0.29) is 0 Å². The zero-order valence-corrected chi connectivity index (χ0v) is 11.4. The predicted molar refractivity (Wildman–Crippen MR) is 76.1 cm³/mol. The minimum absolute atomic E-state index is 0.377. The quantitative estimate of drug-likeness (QED) is 0.887. The first kappa shape index (κ1) is 12.7. The zero-order chi connectivity index (χ0) is 13.0. The lowest BCUT2D eigenvalue weighted by Crippen LogP contribution is -2.12. The number of hydrogen-bond donors (Lipinski definition) is 1. The molecule has 0 atom stereocenters. The van der Waals surface area contributed by atoms with Crippen LogP contribution in [0.1, 0.15) is 27.2 Å². The fourth-order valence-corrected chi connectivity index (χ4v) is 1.74. The van der Waals surface area contributed by atoms with E-state index in [2.05, 4.69) is 55.5 Å². The first-order chi connectivity index (χ1) is 8.54. The van der Waals surface area contributed by atoms with E-state index in [0.29, 0.717) is 5.41 Å². The van der Waals surface area contributed by atoms with Gasteiger partial charge in [0.15, 0.2) is 0 Å². The number of benzene rings is 1. The molecule has 3 nitrogen and oxygen atoms in total. The van der Waals surface area contributed by atoms with Gasteiger partial charge >= 0.3 is 0 Å². The van der Waals surface area contributed by atoms with Gasteiger partial charge in [0.25, 0.3) is 0 Å². The molecule has 1 N–H and O–H groups in total. The molecule has 0 aliphatic rings. The van der Waals surface area contributed by atoms with Crippen molar-refractivity contribution in [1.82, 2.24) is 9.78 Å². The number of anilines is 1. The third-order valence-corrected chi connectivity index (χ3v) is 2.84. The molecule has 0 aliphatic carbocycles. The fraction of sp³-hybridized carbons (Fsp3) is 0.400. The number of nitrogens with one attached hydrogen (secondary N) is 1. The number of nitrogens with zero attached hydrogens (tertiary/aromatic N) is 2. The van der Waals surface area contributed by atoms with Gasteiger partial charge in [0.2, 0.25) is 0 Å². The second kappa shape index (κ2) is 5.25. The molecule has 0 saturated heterocycles. The van der Waals surface area contributed by atoms with Crippen LogP contribution in [0.25, 0.3) is 5.69 Å². The van der Waals surface area contributed by atoms with Crippen molar-refractivity contribution in [2.24, 2.45) is 5.41 Å². The van der Waals surface area contributed by atoms with Crippen LogP contribution in [0.4, 0.5) is 5.69 Å². The first-order valence-electron chi connectivity index (χ1n) is 6.39. The summed E-state index contributed by atoms with van der Waals surface area (Å²) in [4.78, 5) is 0. The van der Waals surface area contributed by atoms with Crippen LogP contribution in [0.15, 0.2) is 42.7 Å². The van der Waals surface area contributed by atoms with Gasteiger partial charge in [0.05, 0.1) is 5.69 Å². The lowest BCUT2D eigenvalue weighted by Gasteiger charge is -2.18. The van der Waals surface area contributed by atoms with Gasteiger partial charge in [-0.2, -0.15) is 5.10 Å². The van der Waals surface area contributed by atoms with Crippen LogP contribution in [0.3, 0.4) is 0 Å². The van der Waals surface area contributed by atoms with E-state index in [0.717, 1.165) is 24.3 Å². The van der Waals surface area contributed by atoms with Gasteiger partial charge in [-0.3, -0.25) is 0 Å². The Morgan fingerprint density at radius 2 is 1.89 bits per heavy atom. The van der Waals surface area contributed by atoms with Crippen LogP contribution in [-0.2, 0) is 0 Å². The van der Waals surface area contributed by atoms with E-state index >= 15 is 0 Å². The molecule has 0 radical (unpaired) electrons. The Morgan fingerprint density at radius 3 is 2.44 bits per heavy atom. The van der Waals surface area contributed by atoms with Crippen molar-refractivity contribution < 1.29 is 0 Å². The highest BCUT2D eigenvalue weighted by molar-refractivity contribution is 5.48. The molecule has 1 aromatic carbocycles. The monoisotopic (exact) mass is 243 g/mol. The molecular formula is C15H21N3. The van der Waals surface area contributed by atoms with Crippen LogP contribution in [0, 0.1) is 5.41 Å². The lowest BCUT2D eigenvalue weighted by atomic mass is 9.92. The minimum atomic E-state index is 0.377. The first-order valence-corrected chi connectivity index (χ1v) is 6.39. The summed E-state index contributed by atoms with van der Waals surface area (Å²) in [7, 11) is 0. The van der Waals surface area contributed by atoms with Gasteiger partial charge in [-0.15, -0.1) is 0 Å². The molecule has 0 aliphatic heterocycles.